The molecule has 9 nitrogen and oxygen atoms in total. The molecule has 0 radical (unpaired) electrons. The first-order valence-corrected chi connectivity index (χ1v) is 25.6. The van der Waals surface area contributed by atoms with Crippen molar-refractivity contribution in [2.45, 2.75) is 205 Å². The van der Waals surface area contributed by atoms with Crippen LogP contribution in [0.5, 0.6) is 0 Å². The van der Waals surface area contributed by atoms with Crippen LogP contribution < -0.4 is 0 Å². The number of ether oxygens (including phenoxy) is 4. The van der Waals surface area contributed by atoms with Gasteiger partial charge in [-0.05, 0) is 103 Å². The van der Waals surface area contributed by atoms with Gasteiger partial charge in [-0.2, -0.15) is 0 Å². The Balaban J connectivity index is 2.25. The second-order valence-electron chi connectivity index (χ2n) is 16.8. The zero-order valence-corrected chi connectivity index (χ0v) is 41.1. The minimum Gasteiger partial charge on any atom is -0.457 e. The van der Waals surface area contributed by atoms with Crippen LogP contribution in [0.4, 0.5) is 0 Å². The standard InChI is InChI=1S/C57H92O9/c1-3-5-7-9-11-13-15-17-19-21-22-23-24-25-26-27-28-29-31-33-35-37-39-41-43-45-47-63-49-51(50-64-57-56(62)55(61)54(60)52(48-58)66-57)65-53(59)46-44-42-40-38-36-34-32-30-20-18-16-14-12-10-8-6-4-2/h5-8,11-14,17-20,22-23,25-26,28-29,33,35,51-52,54-58,60-62H,3-4,9-10,15-16,21,24,27,30-32,34,36-50H2,1-2H3/b7-5-,8-6-,13-11-,14-12-,19-17-,20-18-,23-22-,26-25-,29-28-,35-33-. The number of rotatable bonds is 42. The number of aliphatic hydroxyl groups excluding tert-OH is 4. The molecule has 1 aliphatic rings. The Kier molecular flexibility index (Phi) is 42.9. The highest BCUT2D eigenvalue weighted by atomic mass is 16.7. The topological polar surface area (TPSA) is 135 Å². The van der Waals surface area contributed by atoms with E-state index in [1.807, 2.05) is 0 Å². The van der Waals surface area contributed by atoms with Gasteiger partial charge in [-0.25, -0.2) is 0 Å². The van der Waals surface area contributed by atoms with Crippen LogP contribution in [0, 0.1) is 0 Å². The van der Waals surface area contributed by atoms with Crippen LogP contribution in [0.1, 0.15) is 168 Å². The number of hydrogen-bond acceptors (Lipinski definition) is 9. The maximum atomic E-state index is 12.8. The summed E-state index contributed by atoms with van der Waals surface area (Å²) in [6, 6.07) is 0. The first kappa shape index (κ1) is 60.6. The number of hydrogen-bond donors (Lipinski definition) is 4. The van der Waals surface area contributed by atoms with Crippen molar-refractivity contribution in [2.75, 3.05) is 26.4 Å². The fraction of sp³-hybridized carbons (Fsp3) is 0.632. The third-order valence-electron chi connectivity index (χ3n) is 10.9. The summed E-state index contributed by atoms with van der Waals surface area (Å²) in [7, 11) is 0. The van der Waals surface area contributed by atoms with Gasteiger partial charge in [0.2, 0.25) is 0 Å². The third kappa shape index (κ3) is 36.7. The summed E-state index contributed by atoms with van der Waals surface area (Å²) in [6.07, 6.45) is 60.8. The van der Waals surface area contributed by atoms with E-state index in [-0.39, 0.29) is 19.2 Å². The van der Waals surface area contributed by atoms with Crippen molar-refractivity contribution in [1.82, 2.24) is 0 Å². The molecule has 0 saturated carbocycles. The molecule has 0 aromatic heterocycles. The Bertz CT molecular complexity index is 1420. The van der Waals surface area contributed by atoms with E-state index in [1.54, 1.807) is 0 Å². The minimum atomic E-state index is -1.55. The first-order valence-electron chi connectivity index (χ1n) is 25.6. The van der Waals surface area contributed by atoms with Crippen molar-refractivity contribution in [2.24, 2.45) is 0 Å². The van der Waals surface area contributed by atoms with Gasteiger partial charge < -0.3 is 39.4 Å². The van der Waals surface area contributed by atoms with E-state index in [9.17, 15) is 25.2 Å². The van der Waals surface area contributed by atoms with Gasteiger partial charge in [-0.1, -0.05) is 180 Å². The minimum absolute atomic E-state index is 0.114. The third-order valence-corrected chi connectivity index (χ3v) is 10.9. The van der Waals surface area contributed by atoms with Crippen LogP contribution in [0.2, 0.25) is 0 Å². The molecule has 6 unspecified atom stereocenters. The molecule has 0 aromatic rings. The van der Waals surface area contributed by atoms with E-state index in [1.165, 1.54) is 19.3 Å². The summed E-state index contributed by atoms with van der Waals surface area (Å²) in [5.41, 5.74) is 0. The van der Waals surface area contributed by atoms with Crippen molar-refractivity contribution >= 4 is 5.97 Å². The Hall–Kier alpha value is -3.41. The number of aliphatic hydroxyl groups is 4. The molecular weight excluding hydrogens is 829 g/mol. The van der Waals surface area contributed by atoms with Crippen LogP contribution in [-0.4, -0.2) is 89.6 Å². The van der Waals surface area contributed by atoms with Crippen molar-refractivity contribution in [3.8, 4) is 0 Å². The summed E-state index contributed by atoms with van der Waals surface area (Å²) in [5, 5.41) is 40.2. The average molecular weight is 921 g/mol. The molecule has 0 bridgehead atoms. The molecular formula is C57H92O9. The van der Waals surface area contributed by atoms with E-state index in [2.05, 4.69) is 135 Å². The molecule has 1 rings (SSSR count). The fourth-order valence-corrected chi connectivity index (χ4v) is 6.96. The van der Waals surface area contributed by atoms with Crippen molar-refractivity contribution in [1.29, 1.82) is 0 Å². The number of unbranched alkanes of at least 4 members (excludes halogenated alkanes) is 11. The Morgan fingerprint density at radius 2 is 0.879 bits per heavy atom. The predicted octanol–water partition coefficient (Wildman–Crippen LogP) is 12.7. The van der Waals surface area contributed by atoms with Crippen molar-refractivity contribution < 1.29 is 44.2 Å². The highest BCUT2D eigenvalue weighted by Gasteiger charge is 2.44. The number of esters is 1. The second-order valence-corrected chi connectivity index (χ2v) is 16.8. The summed E-state index contributed by atoms with van der Waals surface area (Å²) in [5.74, 6) is -0.339. The second kappa shape index (κ2) is 46.7. The molecule has 1 saturated heterocycles. The van der Waals surface area contributed by atoms with Crippen LogP contribution in [0.25, 0.3) is 0 Å². The Morgan fingerprint density at radius 1 is 0.485 bits per heavy atom. The highest BCUT2D eigenvalue weighted by Crippen LogP contribution is 2.22. The van der Waals surface area contributed by atoms with E-state index in [0.717, 1.165) is 128 Å². The van der Waals surface area contributed by atoms with E-state index in [4.69, 9.17) is 18.9 Å². The van der Waals surface area contributed by atoms with Gasteiger partial charge in [0.05, 0.1) is 19.8 Å². The highest BCUT2D eigenvalue weighted by molar-refractivity contribution is 5.69. The lowest BCUT2D eigenvalue weighted by molar-refractivity contribution is -0.305. The van der Waals surface area contributed by atoms with Gasteiger partial charge in [0.1, 0.15) is 30.5 Å². The lowest BCUT2D eigenvalue weighted by Gasteiger charge is -2.39. The smallest absolute Gasteiger partial charge is 0.306 e. The summed E-state index contributed by atoms with van der Waals surface area (Å²) >= 11 is 0. The lowest BCUT2D eigenvalue weighted by Crippen LogP contribution is -2.59. The van der Waals surface area contributed by atoms with Gasteiger partial charge in [0.25, 0.3) is 0 Å². The van der Waals surface area contributed by atoms with E-state index in [0.29, 0.717) is 13.0 Å². The molecule has 374 valence electrons. The van der Waals surface area contributed by atoms with Gasteiger partial charge in [0.15, 0.2) is 6.29 Å². The number of allylic oxidation sites excluding steroid dienone is 20. The molecule has 6 atom stereocenters. The predicted molar refractivity (Wildman–Crippen MR) is 274 cm³/mol. The zero-order chi connectivity index (χ0) is 47.8. The van der Waals surface area contributed by atoms with Crippen LogP contribution >= 0.6 is 0 Å². The molecule has 0 amide bonds. The molecule has 0 aromatic carbocycles. The molecule has 9 heteroatoms. The van der Waals surface area contributed by atoms with Gasteiger partial charge in [-0.15, -0.1) is 0 Å². The van der Waals surface area contributed by atoms with Crippen LogP contribution in [0.15, 0.2) is 122 Å². The maximum absolute atomic E-state index is 12.8. The maximum Gasteiger partial charge on any atom is 0.306 e. The van der Waals surface area contributed by atoms with E-state index < -0.39 is 43.4 Å². The number of carbonyl (C=O) groups is 1. The van der Waals surface area contributed by atoms with Crippen LogP contribution in [0.3, 0.4) is 0 Å². The zero-order valence-electron chi connectivity index (χ0n) is 41.1. The van der Waals surface area contributed by atoms with Gasteiger partial charge in [0, 0.05) is 13.0 Å². The molecule has 4 N–H and O–H groups in total. The molecule has 66 heavy (non-hydrogen) atoms. The van der Waals surface area contributed by atoms with E-state index >= 15 is 0 Å². The van der Waals surface area contributed by atoms with Crippen molar-refractivity contribution in [3.05, 3.63) is 122 Å². The number of carbonyl (C=O) groups excluding carboxylic acids is 1. The lowest BCUT2D eigenvalue weighted by atomic mass is 9.99. The molecule has 0 spiro atoms. The van der Waals surface area contributed by atoms with Crippen LogP contribution in [-0.2, 0) is 23.7 Å². The molecule has 0 aliphatic carbocycles. The molecule has 1 aliphatic heterocycles. The summed E-state index contributed by atoms with van der Waals surface area (Å²) in [6.45, 7) is 4.24. The molecule has 1 fully saturated rings. The fourth-order valence-electron chi connectivity index (χ4n) is 6.96. The first-order chi connectivity index (χ1) is 32.4. The largest absolute Gasteiger partial charge is 0.457 e. The quantitative estimate of drug-likeness (QED) is 0.0268. The summed E-state index contributed by atoms with van der Waals surface area (Å²) < 4.78 is 22.8. The Morgan fingerprint density at radius 3 is 1.32 bits per heavy atom. The summed E-state index contributed by atoms with van der Waals surface area (Å²) in [4.78, 5) is 12.8. The molecule has 1 heterocycles. The van der Waals surface area contributed by atoms with Gasteiger partial charge >= 0.3 is 5.97 Å². The van der Waals surface area contributed by atoms with Gasteiger partial charge in [-0.3, -0.25) is 4.79 Å². The normalized spacial score (nSPS) is 20.4. The average Bonchev–Trinajstić information content (AvgIpc) is 3.32. The van der Waals surface area contributed by atoms with Crippen molar-refractivity contribution in [3.63, 3.8) is 0 Å². The monoisotopic (exact) mass is 921 g/mol. The SMILES string of the molecule is CC/C=C\C/C=C\C/C=C\C/C=C\C/C=C\C/C=C\C/C=C\CCCCCCOCC(COC1OC(CO)C(O)C(O)C1O)OC(=O)CCCCCCCCC/C=C\C/C=C\C/C=C\CC. The Labute approximate surface area is 401 Å².